The Hall–Kier alpha value is -3.40. The van der Waals surface area contributed by atoms with E-state index in [1.54, 1.807) is 21.3 Å². The topological polar surface area (TPSA) is 314 Å². The number of carbonyl (C=O) groups excluding carboxylic acids is 3. The van der Waals surface area contributed by atoms with E-state index in [4.69, 9.17) is 28.4 Å². The molecule has 0 heterocycles. The van der Waals surface area contributed by atoms with E-state index in [1.807, 2.05) is 78.8 Å². The van der Waals surface area contributed by atoms with Crippen molar-refractivity contribution in [2.75, 3.05) is 58.2 Å². The van der Waals surface area contributed by atoms with Crippen molar-refractivity contribution in [2.24, 2.45) is 0 Å². The smallest absolute Gasteiger partial charge is 0.748 e. The molecule has 26 heteroatoms. The third-order valence-electron chi connectivity index (χ3n) is 18.9. The summed E-state index contributed by atoms with van der Waals surface area (Å²) < 4.78 is 130. The maximum Gasteiger partial charge on any atom is 1.00 e. The van der Waals surface area contributed by atoms with Crippen molar-refractivity contribution in [3.8, 4) is 17.2 Å². The zero-order chi connectivity index (χ0) is 77.1. The van der Waals surface area contributed by atoms with Gasteiger partial charge in [-0.3, -0.25) is 0 Å². The Morgan fingerprint density at radius 2 is 0.638 bits per heavy atom. The quantitative estimate of drug-likeness (QED) is 0.0205. The molecule has 0 bridgehead atoms. The number of nitrogens with one attached hydrogen (secondary N) is 3. The average molecular weight is 1560 g/mol. The summed E-state index contributed by atoms with van der Waals surface area (Å²) in [6.07, 6.45) is 36.2. The number of carbonyl (C=O) groups is 3. The Morgan fingerprint density at radius 1 is 0.343 bits per heavy atom. The normalized spacial score (nSPS) is 12.2. The number of amides is 3. The van der Waals surface area contributed by atoms with Gasteiger partial charge in [0.1, 0.15) is 35.6 Å². The summed E-state index contributed by atoms with van der Waals surface area (Å²) in [5.41, 5.74) is 9.97. The second-order valence-electron chi connectivity index (χ2n) is 27.6. The summed E-state index contributed by atoms with van der Waals surface area (Å²) >= 11 is 0. The molecule has 0 aromatic heterocycles. The van der Waals surface area contributed by atoms with Crippen LogP contribution < -0.4 is 89.3 Å². The van der Waals surface area contributed by atoms with Crippen LogP contribution in [0.25, 0.3) is 0 Å². The van der Waals surface area contributed by atoms with Crippen molar-refractivity contribution in [3.63, 3.8) is 0 Å². The molecule has 0 spiro atoms. The standard InChI is InChI=1S/C27H47NO6S.2C26H45NO6S.2Na/c1-6-7-8-9-10-11-12-13-14-15-17-24(34-27(29)28-18-16-19-35(30,31)32)26-21(2)20-25(33-5)22(3)23(26)4;1-5-6-7-8-9-10-11-12-13-14-16-25(23-17-18-24(32-4)22(3)21(23)2)33-26(28)27-19-15-20-34(29,30)31;1-5-6-7-8-9-10-11-12-13-14-16-24(23-19-22(3)25(32-4)20-21(23)2)33-26(28)27-17-15-18-34(29,30)31;;/h20,24H,6-19H2,1-5H3,(H,28,29)(H,30,31,32);17-18,25H,5-16,19-20H2,1-4H3,(H,27,28)(H,29,30,31);19-20,24H,5-18H2,1-4H3,(H,27,28)(H,29,30,31);;/q;;;2*+1/p-3. The van der Waals surface area contributed by atoms with Gasteiger partial charge < -0.3 is 58.0 Å². The predicted molar refractivity (Wildman–Crippen MR) is 411 cm³/mol. The van der Waals surface area contributed by atoms with E-state index < -0.39 is 84.2 Å². The van der Waals surface area contributed by atoms with Crippen molar-refractivity contribution in [2.45, 2.75) is 319 Å². The molecule has 0 saturated heterocycles. The molecule has 105 heavy (non-hydrogen) atoms. The Balaban J connectivity index is 0. The van der Waals surface area contributed by atoms with Crippen molar-refractivity contribution in [3.05, 3.63) is 86.0 Å². The van der Waals surface area contributed by atoms with Crippen molar-refractivity contribution in [1.82, 2.24) is 16.0 Å². The Labute approximate surface area is 679 Å². The minimum absolute atomic E-state index is 0. The van der Waals surface area contributed by atoms with Crippen LogP contribution in [-0.2, 0) is 44.6 Å². The first-order chi connectivity index (χ1) is 49.0. The number of unbranched alkanes of at least 4 members (excludes halogenated alkanes) is 27. The van der Waals surface area contributed by atoms with E-state index in [-0.39, 0.29) is 98.0 Å². The van der Waals surface area contributed by atoms with Crippen molar-refractivity contribution >= 4 is 48.6 Å². The molecule has 3 atom stereocenters. The van der Waals surface area contributed by atoms with Crippen LogP contribution in [0.4, 0.5) is 14.4 Å². The minimum atomic E-state index is -4.29. The van der Waals surface area contributed by atoms with Crippen LogP contribution in [0.2, 0.25) is 0 Å². The first-order valence-electron chi connectivity index (χ1n) is 38.6. The fourth-order valence-corrected chi connectivity index (χ4v) is 14.1. The molecule has 21 nitrogen and oxygen atoms in total. The first-order valence-corrected chi connectivity index (χ1v) is 43.3. The van der Waals surface area contributed by atoms with Crippen LogP contribution >= 0.6 is 0 Å². The van der Waals surface area contributed by atoms with Crippen LogP contribution in [0.5, 0.6) is 17.2 Å². The molecular formula is C79H134N3Na2O18S3-. The van der Waals surface area contributed by atoms with Gasteiger partial charge in [0, 0.05) is 36.9 Å². The zero-order valence-electron chi connectivity index (χ0n) is 67.4. The van der Waals surface area contributed by atoms with Gasteiger partial charge in [-0.1, -0.05) is 200 Å². The van der Waals surface area contributed by atoms with Crippen molar-refractivity contribution in [1.29, 1.82) is 0 Å². The van der Waals surface area contributed by atoms with Gasteiger partial charge in [0.2, 0.25) is 0 Å². The molecule has 0 aliphatic heterocycles. The van der Waals surface area contributed by atoms with Crippen LogP contribution in [0.15, 0.2) is 30.3 Å². The molecular weight excluding hydrogens is 1420 g/mol. The number of methoxy groups -OCH3 is 3. The Kier molecular flexibility index (Phi) is 60.5. The number of benzene rings is 3. The predicted octanol–water partition coefficient (Wildman–Crippen LogP) is 13.3. The number of rotatable bonds is 54. The average Bonchev–Trinajstić information content (AvgIpc) is 0.801. The number of aryl methyl sites for hydroxylation is 3. The summed E-state index contributed by atoms with van der Waals surface area (Å²) in [5, 5.41) is 7.71. The number of hydrogen-bond donors (Lipinski definition) is 3. The van der Waals surface area contributed by atoms with Gasteiger partial charge >= 0.3 is 77.4 Å². The second kappa shape index (κ2) is 61.3. The van der Waals surface area contributed by atoms with E-state index in [0.717, 1.165) is 111 Å². The molecule has 3 aromatic carbocycles. The third kappa shape index (κ3) is 50.2. The first kappa shape index (κ1) is 104. The molecule has 3 N–H and O–H groups in total. The zero-order valence-corrected chi connectivity index (χ0v) is 73.8. The molecule has 0 aliphatic rings. The van der Waals surface area contributed by atoms with Gasteiger partial charge in [0.25, 0.3) is 0 Å². The van der Waals surface area contributed by atoms with E-state index in [1.165, 1.54) is 154 Å². The van der Waals surface area contributed by atoms with Gasteiger partial charge in [-0.15, -0.1) is 0 Å². The van der Waals surface area contributed by atoms with Crippen LogP contribution in [0.1, 0.15) is 326 Å². The molecule has 0 fully saturated rings. The van der Waals surface area contributed by atoms with E-state index in [0.29, 0.717) is 19.3 Å². The maximum absolute atomic E-state index is 12.5. The largest absolute Gasteiger partial charge is 1.00 e. The minimum Gasteiger partial charge on any atom is -0.748 e. The summed E-state index contributed by atoms with van der Waals surface area (Å²) in [6.45, 7) is 20.9. The summed E-state index contributed by atoms with van der Waals surface area (Å²) in [5.74, 6) is 0.873. The summed E-state index contributed by atoms with van der Waals surface area (Å²) in [7, 11) is -7.95. The molecule has 0 saturated carbocycles. The van der Waals surface area contributed by atoms with E-state index in [2.05, 4.69) is 36.7 Å². The fraction of sp³-hybridized carbons (Fsp3) is 0.734. The SMILES string of the molecule is CCCCCCCCCCCCC(OC(=O)NCCCS(=O)(=O)[O-])c1c(C)cc(OC)c(C)c1C.CCCCCCCCCCCCC(OC(=O)NCCCS(=O)(=O)[O-])c1cc(C)c(OC)cc1C.CCCCCCCCCCCCC(OC(=O)NCCCS(=O)(=O)[O-])c1ccc(OC)c(C)c1C.[Na+].[Na+]. The van der Waals surface area contributed by atoms with Gasteiger partial charge in [-0.05, 0) is 186 Å². The van der Waals surface area contributed by atoms with E-state index >= 15 is 0 Å². The number of alkyl carbamates (subject to hydrolysis) is 3. The van der Waals surface area contributed by atoms with Crippen LogP contribution in [0, 0.1) is 48.5 Å². The second-order valence-corrected chi connectivity index (χ2v) is 32.1. The van der Waals surface area contributed by atoms with Gasteiger partial charge in [-0.25, -0.2) is 39.6 Å². The van der Waals surface area contributed by atoms with Gasteiger partial charge in [0.15, 0.2) is 0 Å². The Bertz CT molecular complexity index is 3110. The van der Waals surface area contributed by atoms with Crippen LogP contribution in [-0.4, -0.2) is 115 Å². The molecule has 594 valence electrons. The molecule has 3 aromatic rings. The Morgan fingerprint density at radius 3 is 0.971 bits per heavy atom. The molecule has 0 radical (unpaired) electrons. The van der Waals surface area contributed by atoms with Gasteiger partial charge in [-0.2, -0.15) is 0 Å². The van der Waals surface area contributed by atoms with E-state index in [9.17, 15) is 53.3 Å². The van der Waals surface area contributed by atoms with Crippen LogP contribution in [0.3, 0.4) is 0 Å². The monoisotopic (exact) mass is 1550 g/mol. The summed E-state index contributed by atoms with van der Waals surface area (Å²) in [6, 6.07) is 9.77. The molecule has 0 aliphatic carbocycles. The number of ether oxygens (including phenoxy) is 6. The maximum atomic E-state index is 12.5. The molecule has 3 amide bonds. The van der Waals surface area contributed by atoms with Crippen molar-refractivity contribution < 1.29 is 141 Å². The molecule has 3 unspecified atom stereocenters. The fourth-order valence-electron chi connectivity index (χ4n) is 12.6. The van der Waals surface area contributed by atoms with Gasteiger partial charge in [0.05, 0.1) is 51.7 Å². The summed E-state index contributed by atoms with van der Waals surface area (Å²) in [4.78, 5) is 37.2. The third-order valence-corrected chi connectivity index (χ3v) is 21.2. The number of hydrogen-bond acceptors (Lipinski definition) is 18. The molecule has 3 rings (SSSR count).